The molecular weight excluding hydrogens is 246 g/mol. The number of nitrogens with one attached hydrogen (secondary N) is 2. The fraction of sp³-hybridized carbons (Fsp3) is 0.154. The number of aryl methyl sites for hydroxylation is 1. The zero-order valence-electron chi connectivity index (χ0n) is 10.2. The minimum absolute atomic E-state index is 0.195. The van der Waals surface area contributed by atoms with Crippen LogP contribution < -0.4 is 16.1 Å². The lowest BCUT2D eigenvalue weighted by molar-refractivity contribution is 0.0996. The first-order valence-corrected chi connectivity index (χ1v) is 5.81. The summed E-state index contributed by atoms with van der Waals surface area (Å²) >= 11 is 0. The first-order valence-electron chi connectivity index (χ1n) is 5.81. The molecule has 6 heteroatoms. The Morgan fingerprint density at radius 3 is 2.53 bits per heavy atom. The van der Waals surface area contributed by atoms with E-state index in [4.69, 9.17) is 0 Å². The molecule has 96 valence electrons. The molecule has 0 unspecified atom stereocenters. The van der Waals surface area contributed by atoms with Gasteiger partial charge in [0, 0.05) is 11.3 Å². The summed E-state index contributed by atoms with van der Waals surface area (Å²) in [6, 6.07) is 7.21. The first kappa shape index (κ1) is 11.5. The number of benzene rings is 1. The normalized spacial score (nSPS) is 13.7. The molecule has 0 aliphatic carbocycles. The molecule has 1 aliphatic heterocycles. The number of carbonyl (C=O) groups is 1. The average Bonchev–Trinajstić information content (AvgIpc) is 2.66. The Bertz CT molecular complexity index is 788. The third kappa shape index (κ3) is 1.69. The van der Waals surface area contributed by atoms with Crippen LogP contribution in [0.1, 0.15) is 21.6 Å². The summed E-state index contributed by atoms with van der Waals surface area (Å²) in [5.74, 6) is -0.226. The summed E-state index contributed by atoms with van der Waals surface area (Å²) in [6.07, 6.45) is 0. The molecule has 0 radical (unpaired) electrons. The zero-order chi connectivity index (χ0) is 13.6. The van der Waals surface area contributed by atoms with Crippen LogP contribution in [0.25, 0.3) is 0 Å². The largest absolute Gasteiger partial charge is 0.326 e. The fourth-order valence-electron chi connectivity index (χ4n) is 2.35. The van der Waals surface area contributed by atoms with E-state index in [1.807, 2.05) is 12.1 Å². The molecule has 1 amide bonds. The van der Waals surface area contributed by atoms with Crippen molar-refractivity contribution >= 4 is 11.6 Å². The number of aromatic nitrogens is 2. The van der Waals surface area contributed by atoms with Gasteiger partial charge in [0.05, 0.1) is 6.54 Å². The van der Waals surface area contributed by atoms with Crippen LogP contribution in [0.5, 0.6) is 0 Å². The molecule has 2 N–H and O–H groups in total. The van der Waals surface area contributed by atoms with E-state index in [0.29, 0.717) is 17.8 Å². The van der Waals surface area contributed by atoms with Crippen molar-refractivity contribution in [3.63, 3.8) is 0 Å². The summed E-state index contributed by atoms with van der Waals surface area (Å²) in [6.45, 7) is 1.94. The van der Waals surface area contributed by atoms with Crippen LogP contribution in [-0.4, -0.2) is 15.9 Å². The lowest BCUT2D eigenvalue weighted by atomic mass is 10.1. The van der Waals surface area contributed by atoms with Crippen LogP contribution in [0, 0.1) is 6.92 Å². The van der Waals surface area contributed by atoms with Gasteiger partial charge in [-0.25, -0.2) is 4.79 Å². The highest BCUT2D eigenvalue weighted by molar-refractivity contribution is 6.10. The molecule has 0 bridgehead atoms. The van der Waals surface area contributed by atoms with Gasteiger partial charge in [-0.05, 0) is 18.6 Å². The van der Waals surface area contributed by atoms with Gasteiger partial charge in [0.1, 0.15) is 5.69 Å². The Hall–Kier alpha value is -2.63. The van der Waals surface area contributed by atoms with Gasteiger partial charge in [0.2, 0.25) is 0 Å². The van der Waals surface area contributed by atoms with Crippen molar-refractivity contribution in [2.45, 2.75) is 13.5 Å². The van der Waals surface area contributed by atoms with Gasteiger partial charge in [-0.15, -0.1) is 0 Å². The van der Waals surface area contributed by atoms with E-state index in [1.54, 1.807) is 19.1 Å². The van der Waals surface area contributed by atoms with Crippen molar-refractivity contribution in [1.29, 1.82) is 0 Å². The number of H-pyrrole nitrogens is 2. The average molecular weight is 257 g/mol. The van der Waals surface area contributed by atoms with Crippen LogP contribution in [0.4, 0.5) is 5.69 Å². The quantitative estimate of drug-likeness (QED) is 0.781. The second kappa shape index (κ2) is 3.94. The highest BCUT2D eigenvalue weighted by Crippen LogP contribution is 2.26. The number of aromatic amines is 2. The highest BCUT2D eigenvalue weighted by atomic mass is 16.2. The summed E-state index contributed by atoms with van der Waals surface area (Å²) in [5, 5.41) is 0. The smallest absolute Gasteiger partial charge is 0.309 e. The molecule has 1 aromatic heterocycles. The molecule has 0 saturated heterocycles. The second-order valence-electron chi connectivity index (χ2n) is 4.43. The Balaban J connectivity index is 2.15. The van der Waals surface area contributed by atoms with Gasteiger partial charge in [-0.3, -0.25) is 19.5 Å². The number of hydrogen-bond donors (Lipinski definition) is 2. The topological polar surface area (TPSA) is 86.0 Å². The van der Waals surface area contributed by atoms with Gasteiger partial charge >= 0.3 is 5.69 Å². The fourth-order valence-corrected chi connectivity index (χ4v) is 2.35. The SMILES string of the molecule is Cc1[nH]c(=O)[nH]c(=O)c1N1Cc2ccccc2C1=O. The van der Waals surface area contributed by atoms with Crippen LogP contribution in [0.2, 0.25) is 0 Å². The first-order chi connectivity index (χ1) is 9.08. The predicted molar refractivity (Wildman–Crippen MR) is 69.4 cm³/mol. The number of rotatable bonds is 1. The lowest BCUT2D eigenvalue weighted by Gasteiger charge is -2.16. The van der Waals surface area contributed by atoms with E-state index in [2.05, 4.69) is 9.97 Å². The molecular formula is C13H11N3O3. The maximum Gasteiger partial charge on any atom is 0.326 e. The van der Waals surface area contributed by atoms with Crippen molar-refractivity contribution in [3.8, 4) is 0 Å². The van der Waals surface area contributed by atoms with E-state index in [-0.39, 0.29) is 11.6 Å². The molecule has 6 nitrogen and oxygen atoms in total. The Morgan fingerprint density at radius 1 is 1.11 bits per heavy atom. The number of amides is 1. The number of anilines is 1. The van der Waals surface area contributed by atoms with Crippen molar-refractivity contribution in [3.05, 3.63) is 61.9 Å². The molecule has 0 spiro atoms. The van der Waals surface area contributed by atoms with Crippen molar-refractivity contribution in [2.75, 3.05) is 4.90 Å². The van der Waals surface area contributed by atoms with Crippen LogP contribution >= 0.6 is 0 Å². The van der Waals surface area contributed by atoms with E-state index in [0.717, 1.165) is 5.56 Å². The summed E-state index contributed by atoms with van der Waals surface area (Å²) < 4.78 is 0. The molecule has 3 rings (SSSR count). The zero-order valence-corrected chi connectivity index (χ0v) is 10.2. The number of nitrogens with zero attached hydrogens (tertiary/aromatic N) is 1. The Kier molecular flexibility index (Phi) is 2.38. The van der Waals surface area contributed by atoms with Gasteiger partial charge < -0.3 is 4.98 Å². The number of carbonyl (C=O) groups excluding carboxylic acids is 1. The Labute approximate surface area is 107 Å². The molecule has 0 saturated carbocycles. The maximum atomic E-state index is 12.3. The molecule has 1 aliphatic rings. The van der Waals surface area contributed by atoms with E-state index >= 15 is 0 Å². The van der Waals surface area contributed by atoms with Crippen molar-refractivity contribution in [2.24, 2.45) is 0 Å². The Morgan fingerprint density at radius 2 is 1.84 bits per heavy atom. The maximum absolute atomic E-state index is 12.3. The van der Waals surface area contributed by atoms with E-state index < -0.39 is 11.2 Å². The van der Waals surface area contributed by atoms with Crippen LogP contribution in [0.3, 0.4) is 0 Å². The summed E-state index contributed by atoms with van der Waals surface area (Å²) in [5.41, 5.74) is 0.915. The van der Waals surface area contributed by atoms with Crippen LogP contribution in [0.15, 0.2) is 33.9 Å². The van der Waals surface area contributed by atoms with Gasteiger partial charge in [-0.2, -0.15) is 0 Å². The highest BCUT2D eigenvalue weighted by Gasteiger charge is 2.30. The molecule has 0 fully saturated rings. The predicted octanol–water partition coefficient (Wildman–Crippen LogP) is 0.532. The standard InChI is InChI=1S/C13H11N3O3/c1-7-10(11(17)15-13(19)14-7)16-6-8-4-2-3-5-9(8)12(16)18/h2-5H,6H2,1H3,(H2,14,15,17,19). The molecule has 2 aromatic rings. The van der Waals surface area contributed by atoms with Crippen molar-refractivity contribution in [1.82, 2.24) is 9.97 Å². The van der Waals surface area contributed by atoms with Crippen LogP contribution in [-0.2, 0) is 6.54 Å². The molecule has 19 heavy (non-hydrogen) atoms. The van der Waals surface area contributed by atoms with Gasteiger partial charge in [0.15, 0.2) is 0 Å². The van der Waals surface area contributed by atoms with Crippen molar-refractivity contribution < 1.29 is 4.79 Å². The lowest BCUT2D eigenvalue weighted by Crippen LogP contribution is -2.34. The molecule has 0 atom stereocenters. The molecule has 1 aromatic carbocycles. The number of hydrogen-bond acceptors (Lipinski definition) is 3. The minimum Gasteiger partial charge on any atom is -0.309 e. The van der Waals surface area contributed by atoms with Gasteiger partial charge in [-0.1, -0.05) is 18.2 Å². The minimum atomic E-state index is -0.574. The molecule has 2 heterocycles. The summed E-state index contributed by atoms with van der Waals surface area (Å²) in [7, 11) is 0. The third-order valence-corrected chi connectivity index (χ3v) is 3.19. The summed E-state index contributed by atoms with van der Waals surface area (Å²) in [4.78, 5) is 41.3. The monoisotopic (exact) mass is 257 g/mol. The third-order valence-electron chi connectivity index (χ3n) is 3.19. The second-order valence-corrected chi connectivity index (χ2v) is 4.43. The van der Waals surface area contributed by atoms with Gasteiger partial charge in [0.25, 0.3) is 11.5 Å². The van der Waals surface area contributed by atoms with E-state index in [9.17, 15) is 14.4 Å². The van der Waals surface area contributed by atoms with E-state index in [1.165, 1.54) is 4.90 Å². The number of fused-ring (bicyclic) bond motifs is 1.